The first kappa shape index (κ1) is 13.8. The fourth-order valence-electron chi connectivity index (χ4n) is 1.85. The predicted molar refractivity (Wildman–Crippen MR) is 80.5 cm³/mol. The molecule has 0 aliphatic rings. The molecule has 2 aromatic rings. The number of imidazole rings is 1. The van der Waals surface area contributed by atoms with E-state index in [0.717, 1.165) is 39.8 Å². The van der Waals surface area contributed by atoms with Crippen molar-refractivity contribution >= 4 is 39.2 Å². The van der Waals surface area contributed by atoms with Gasteiger partial charge in [-0.05, 0) is 36.8 Å². The molecule has 1 N–H and O–H groups in total. The number of hydrogen-bond donors (Lipinski definition) is 1. The third kappa shape index (κ3) is 3.22. The molecule has 98 valence electrons. The number of nitrogens with one attached hydrogen (secondary N) is 1. The van der Waals surface area contributed by atoms with Crippen LogP contribution >= 0.6 is 28.1 Å². The Hall–Kier alpha value is -0.650. The molecule has 0 fully saturated rings. The smallest absolute Gasteiger partial charge is 0.178 e. The summed E-state index contributed by atoms with van der Waals surface area (Å²) in [7, 11) is 0. The van der Waals surface area contributed by atoms with Gasteiger partial charge in [0.25, 0.3) is 0 Å². The van der Waals surface area contributed by atoms with Crippen LogP contribution in [0.25, 0.3) is 11.0 Å². The Morgan fingerprint density at radius 2 is 2.22 bits per heavy atom. The van der Waals surface area contributed by atoms with Gasteiger partial charge in [0.05, 0.1) is 17.6 Å². The lowest BCUT2D eigenvalue weighted by molar-refractivity contribution is 0.124. The summed E-state index contributed by atoms with van der Waals surface area (Å²) in [5.41, 5.74) is 2.19. The lowest BCUT2D eigenvalue weighted by atomic mass is 10.3. The summed E-state index contributed by atoms with van der Waals surface area (Å²) in [6.45, 7) is 4.49. The molecule has 0 atom stereocenters. The van der Waals surface area contributed by atoms with E-state index in [9.17, 15) is 0 Å². The first-order valence-electron chi connectivity index (χ1n) is 6.18. The van der Waals surface area contributed by atoms with Gasteiger partial charge < -0.3 is 14.3 Å². The Bertz CT molecular complexity index is 576. The Morgan fingerprint density at radius 3 is 3.00 bits per heavy atom. The van der Waals surface area contributed by atoms with Crippen LogP contribution in [0.15, 0.2) is 22.7 Å². The Labute approximate surface area is 120 Å². The normalized spacial score (nSPS) is 11.2. The van der Waals surface area contributed by atoms with Crippen molar-refractivity contribution in [2.45, 2.75) is 26.3 Å². The van der Waals surface area contributed by atoms with E-state index in [2.05, 4.69) is 38.5 Å². The maximum absolute atomic E-state index is 5.59. The van der Waals surface area contributed by atoms with Crippen LogP contribution in [-0.2, 0) is 11.3 Å². The van der Waals surface area contributed by atoms with E-state index in [1.54, 1.807) is 0 Å². The topological polar surface area (TPSA) is 29.9 Å². The van der Waals surface area contributed by atoms with Gasteiger partial charge >= 0.3 is 0 Å². The fourth-order valence-corrected chi connectivity index (χ4v) is 2.50. The summed E-state index contributed by atoms with van der Waals surface area (Å²) in [6, 6.07) is 6.12. The van der Waals surface area contributed by atoms with E-state index in [-0.39, 0.29) is 0 Å². The lowest BCUT2D eigenvalue weighted by Gasteiger charge is -2.06. The number of halogens is 1. The number of benzene rings is 1. The average molecular weight is 329 g/mol. The van der Waals surface area contributed by atoms with Crippen LogP contribution < -0.4 is 0 Å². The number of unbranched alkanes of at least 4 members (excludes halogenated alkanes) is 1. The van der Waals surface area contributed by atoms with Crippen LogP contribution in [-0.4, -0.2) is 22.8 Å². The molecule has 0 aliphatic carbocycles. The molecular weight excluding hydrogens is 312 g/mol. The molecule has 3 nitrogen and oxygen atoms in total. The van der Waals surface area contributed by atoms with Gasteiger partial charge in [0, 0.05) is 17.6 Å². The number of fused-ring (bicyclic) bond motifs is 1. The van der Waals surface area contributed by atoms with Gasteiger partial charge in [0.1, 0.15) is 0 Å². The van der Waals surface area contributed by atoms with Gasteiger partial charge in [-0.3, -0.25) is 0 Å². The number of aromatic nitrogens is 2. The molecule has 0 saturated carbocycles. The van der Waals surface area contributed by atoms with Gasteiger partial charge in [-0.15, -0.1) is 0 Å². The van der Waals surface area contributed by atoms with Gasteiger partial charge in [0.15, 0.2) is 4.77 Å². The molecule has 0 unspecified atom stereocenters. The minimum Gasteiger partial charge on any atom is -0.380 e. The van der Waals surface area contributed by atoms with Crippen LogP contribution in [0.5, 0.6) is 0 Å². The minimum atomic E-state index is 0.702. The Balaban J connectivity index is 2.10. The molecule has 1 aromatic heterocycles. The molecule has 0 amide bonds. The summed E-state index contributed by atoms with van der Waals surface area (Å²) < 4.78 is 9.49. The molecule has 1 aromatic carbocycles. The number of aromatic amines is 1. The third-order valence-corrected chi connectivity index (χ3v) is 3.65. The fraction of sp³-hybridized carbons (Fsp3) is 0.462. The number of H-pyrrole nitrogens is 1. The average Bonchev–Trinajstić information content (AvgIpc) is 2.65. The van der Waals surface area contributed by atoms with E-state index in [4.69, 9.17) is 17.0 Å². The molecule has 0 bridgehead atoms. The molecule has 0 aliphatic heterocycles. The first-order chi connectivity index (χ1) is 8.72. The summed E-state index contributed by atoms with van der Waals surface area (Å²) >= 11 is 8.82. The van der Waals surface area contributed by atoms with Crippen molar-refractivity contribution in [2.24, 2.45) is 0 Å². The van der Waals surface area contributed by atoms with Crippen molar-refractivity contribution < 1.29 is 4.74 Å². The van der Waals surface area contributed by atoms with E-state index < -0.39 is 0 Å². The lowest BCUT2D eigenvalue weighted by Crippen LogP contribution is -2.06. The summed E-state index contributed by atoms with van der Waals surface area (Å²) in [4.78, 5) is 3.21. The highest BCUT2D eigenvalue weighted by molar-refractivity contribution is 9.10. The predicted octanol–water partition coefficient (Wildman–Crippen LogP) is 4.28. The molecular formula is C13H17BrN2OS. The monoisotopic (exact) mass is 328 g/mol. The van der Waals surface area contributed by atoms with E-state index >= 15 is 0 Å². The summed E-state index contributed by atoms with van der Waals surface area (Å²) in [5.74, 6) is 0. The van der Waals surface area contributed by atoms with Gasteiger partial charge in [-0.1, -0.05) is 29.3 Å². The van der Waals surface area contributed by atoms with Gasteiger partial charge in [0.2, 0.25) is 0 Å². The molecule has 18 heavy (non-hydrogen) atoms. The van der Waals surface area contributed by atoms with Crippen LogP contribution in [0.1, 0.15) is 19.8 Å². The number of ether oxygens (including phenoxy) is 1. The third-order valence-electron chi connectivity index (χ3n) is 2.84. The van der Waals surface area contributed by atoms with Crippen LogP contribution in [0.3, 0.4) is 0 Å². The Kier molecular flexibility index (Phi) is 4.97. The highest BCUT2D eigenvalue weighted by Gasteiger charge is 2.04. The van der Waals surface area contributed by atoms with Gasteiger partial charge in [-0.2, -0.15) is 0 Å². The zero-order chi connectivity index (χ0) is 13.0. The van der Waals surface area contributed by atoms with E-state index in [1.807, 2.05) is 12.1 Å². The summed E-state index contributed by atoms with van der Waals surface area (Å²) in [5, 5.41) is 0. The molecule has 0 radical (unpaired) electrons. The number of rotatable bonds is 6. The van der Waals surface area contributed by atoms with Crippen molar-refractivity contribution in [3.63, 3.8) is 0 Å². The quantitative estimate of drug-likeness (QED) is 0.633. The minimum absolute atomic E-state index is 0.702. The zero-order valence-electron chi connectivity index (χ0n) is 10.4. The molecule has 5 heteroatoms. The van der Waals surface area contributed by atoms with Crippen molar-refractivity contribution in [1.82, 2.24) is 9.55 Å². The maximum Gasteiger partial charge on any atom is 0.178 e. The van der Waals surface area contributed by atoms with E-state index in [1.165, 1.54) is 6.42 Å². The highest BCUT2D eigenvalue weighted by atomic mass is 79.9. The molecule has 1 heterocycles. The second-order valence-electron chi connectivity index (χ2n) is 4.21. The second kappa shape index (κ2) is 6.50. The molecule has 0 saturated heterocycles. The van der Waals surface area contributed by atoms with Crippen molar-refractivity contribution in [3.05, 3.63) is 27.4 Å². The van der Waals surface area contributed by atoms with Crippen LogP contribution in [0.4, 0.5) is 0 Å². The van der Waals surface area contributed by atoms with Crippen molar-refractivity contribution in [3.8, 4) is 0 Å². The van der Waals surface area contributed by atoms with Crippen LogP contribution in [0.2, 0.25) is 0 Å². The second-order valence-corrected chi connectivity index (χ2v) is 5.51. The SMILES string of the molecule is CCCCOCCn1c(=S)[nH]c2ccc(Br)cc21. The van der Waals surface area contributed by atoms with E-state index in [0.29, 0.717) is 6.61 Å². The highest BCUT2D eigenvalue weighted by Crippen LogP contribution is 2.19. The van der Waals surface area contributed by atoms with Crippen molar-refractivity contribution in [2.75, 3.05) is 13.2 Å². The Morgan fingerprint density at radius 1 is 1.39 bits per heavy atom. The standard InChI is InChI=1S/C13H17BrN2OS/c1-2-3-7-17-8-6-16-12-9-10(14)4-5-11(12)15-13(16)18/h4-5,9H,2-3,6-8H2,1H3,(H,15,18). The number of nitrogens with zero attached hydrogens (tertiary/aromatic N) is 1. The molecule has 0 spiro atoms. The van der Waals surface area contributed by atoms with Crippen molar-refractivity contribution in [1.29, 1.82) is 0 Å². The van der Waals surface area contributed by atoms with Crippen LogP contribution in [0, 0.1) is 4.77 Å². The largest absolute Gasteiger partial charge is 0.380 e. The first-order valence-corrected chi connectivity index (χ1v) is 7.38. The summed E-state index contributed by atoms with van der Waals surface area (Å²) in [6.07, 6.45) is 2.28. The van der Waals surface area contributed by atoms with Gasteiger partial charge in [-0.25, -0.2) is 0 Å². The number of hydrogen-bond acceptors (Lipinski definition) is 2. The maximum atomic E-state index is 5.59. The molecule has 2 rings (SSSR count). The zero-order valence-corrected chi connectivity index (χ0v) is 12.8.